The van der Waals surface area contributed by atoms with Crippen LogP contribution < -0.4 is 25.4 Å². The van der Waals surface area contributed by atoms with Crippen molar-refractivity contribution in [2.75, 3.05) is 23.0 Å². The zero-order valence-corrected chi connectivity index (χ0v) is 16.9. The normalized spacial score (nSPS) is 10.9. The maximum absolute atomic E-state index is 14.2. The van der Waals surface area contributed by atoms with E-state index in [-0.39, 0.29) is 22.5 Å². The minimum absolute atomic E-state index is 0.0168. The number of rotatable bonds is 8. The second-order valence-corrected chi connectivity index (χ2v) is 6.42. The lowest BCUT2D eigenvalue weighted by Gasteiger charge is -2.13. The average Bonchev–Trinajstić information content (AvgIpc) is 2.73. The maximum Gasteiger partial charge on any atom is 0.573 e. The smallest absolute Gasteiger partial charge is 0.427 e. The van der Waals surface area contributed by atoms with Crippen molar-refractivity contribution in [3.8, 4) is 11.5 Å². The number of benzene rings is 2. The van der Waals surface area contributed by atoms with E-state index in [1.165, 1.54) is 12.1 Å². The molecule has 0 unspecified atom stereocenters. The number of nitrogens with zero attached hydrogens (tertiary/aromatic N) is 2. The number of carbonyl (C=O) groups excluding carboxylic acids is 1. The van der Waals surface area contributed by atoms with Crippen LogP contribution in [-0.4, -0.2) is 29.9 Å². The van der Waals surface area contributed by atoms with Crippen LogP contribution in [0.1, 0.15) is 0 Å². The summed E-state index contributed by atoms with van der Waals surface area (Å²) in [4.78, 5) is 18.4. The Balaban J connectivity index is 1.79. The van der Waals surface area contributed by atoms with E-state index in [0.717, 1.165) is 18.3 Å². The van der Waals surface area contributed by atoms with Crippen molar-refractivity contribution < 1.29 is 31.8 Å². The monoisotopic (exact) mass is 471 g/mol. The molecule has 168 valence electrons. The Morgan fingerprint density at radius 3 is 2.38 bits per heavy atom. The highest BCUT2D eigenvalue weighted by molar-refractivity contribution is 6.32. The molecule has 0 saturated heterocycles. The minimum Gasteiger partial charge on any atom is -0.427 e. The van der Waals surface area contributed by atoms with E-state index < -0.39 is 17.9 Å². The molecule has 8 nitrogen and oxygen atoms in total. The van der Waals surface area contributed by atoms with Crippen molar-refractivity contribution in [3.05, 3.63) is 53.4 Å². The number of halogens is 5. The van der Waals surface area contributed by atoms with Gasteiger partial charge in [0.25, 0.3) is 6.47 Å². The van der Waals surface area contributed by atoms with Gasteiger partial charge in [0, 0.05) is 18.4 Å². The highest BCUT2D eigenvalue weighted by Crippen LogP contribution is 2.33. The molecule has 0 aliphatic rings. The summed E-state index contributed by atoms with van der Waals surface area (Å²) in [7, 11) is 1.63. The molecule has 3 N–H and O–H groups in total. The van der Waals surface area contributed by atoms with Gasteiger partial charge in [0.15, 0.2) is 17.4 Å². The van der Waals surface area contributed by atoms with Crippen LogP contribution in [0.2, 0.25) is 5.02 Å². The van der Waals surface area contributed by atoms with E-state index in [2.05, 4.69) is 30.7 Å². The number of aromatic nitrogens is 2. The Hall–Kier alpha value is -3.80. The molecule has 1 heterocycles. The summed E-state index contributed by atoms with van der Waals surface area (Å²) in [5, 5.41) is 8.00. The van der Waals surface area contributed by atoms with Gasteiger partial charge in [-0.15, -0.1) is 13.2 Å². The molecular weight excluding hydrogens is 458 g/mol. The van der Waals surface area contributed by atoms with Crippen LogP contribution >= 0.6 is 11.6 Å². The summed E-state index contributed by atoms with van der Waals surface area (Å²) in [6, 6.07) is 8.04. The Bertz CT molecular complexity index is 1130. The van der Waals surface area contributed by atoms with E-state index >= 15 is 0 Å². The fourth-order valence-corrected chi connectivity index (χ4v) is 2.74. The fourth-order valence-electron chi connectivity index (χ4n) is 2.52. The van der Waals surface area contributed by atoms with E-state index in [4.69, 9.17) is 16.3 Å². The third-order valence-corrected chi connectivity index (χ3v) is 4.14. The Labute approximate surface area is 183 Å². The topological polar surface area (TPSA) is 97.4 Å². The van der Waals surface area contributed by atoms with Crippen LogP contribution in [-0.2, 0) is 4.79 Å². The summed E-state index contributed by atoms with van der Waals surface area (Å²) in [6.07, 6.45) is -3.99. The van der Waals surface area contributed by atoms with Gasteiger partial charge >= 0.3 is 6.36 Å². The van der Waals surface area contributed by atoms with Gasteiger partial charge in [-0.05, 0) is 36.4 Å². The first-order valence-corrected chi connectivity index (χ1v) is 9.10. The number of ether oxygens (including phenoxy) is 2. The van der Waals surface area contributed by atoms with E-state index in [0.29, 0.717) is 23.6 Å². The molecule has 0 bridgehead atoms. The van der Waals surface area contributed by atoms with Crippen LogP contribution in [0.25, 0.3) is 0 Å². The molecule has 0 atom stereocenters. The molecule has 2 aromatic carbocycles. The Kier molecular flexibility index (Phi) is 6.83. The van der Waals surface area contributed by atoms with Crippen LogP contribution in [0.15, 0.2) is 42.6 Å². The summed E-state index contributed by atoms with van der Waals surface area (Å²) < 4.78 is 59.9. The number of nitrogens with one attached hydrogen (secondary N) is 3. The zero-order valence-electron chi connectivity index (χ0n) is 16.1. The molecule has 32 heavy (non-hydrogen) atoms. The first-order valence-electron chi connectivity index (χ1n) is 8.72. The standard InChI is InChI=1S/C19H14ClF4N5O3/c1-25-14-7-11(3-5-16(14)31-9-30)28-18-26-8-13(21)17(29-18)27-10-2-4-15(12(20)6-10)32-19(22,23)24/h2-9,25H,1H3,(H2,26,27,28,29). The second-order valence-electron chi connectivity index (χ2n) is 6.01. The van der Waals surface area contributed by atoms with E-state index in [1.54, 1.807) is 19.2 Å². The number of anilines is 5. The lowest BCUT2D eigenvalue weighted by molar-refractivity contribution is -0.274. The number of carbonyl (C=O) groups is 1. The first kappa shape index (κ1) is 22.9. The number of alkyl halides is 3. The fraction of sp³-hybridized carbons (Fsp3) is 0.105. The molecule has 3 aromatic rings. The van der Waals surface area contributed by atoms with Gasteiger partial charge in [-0.1, -0.05) is 11.6 Å². The van der Waals surface area contributed by atoms with Crippen molar-refractivity contribution in [2.24, 2.45) is 0 Å². The zero-order chi connectivity index (χ0) is 23.3. The highest BCUT2D eigenvalue weighted by atomic mass is 35.5. The molecular formula is C19H14ClF4N5O3. The Morgan fingerprint density at radius 2 is 1.75 bits per heavy atom. The summed E-state index contributed by atoms with van der Waals surface area (Å²) in [5.74, 6) is -1.35. The highest BCUT2D eigenvalue weighted by Gasteiger charge is 2.32. The minimum atomic E-state index is -4.90. The van der Waals surface area contributed by atoms with Gasteiger partial charge in [-0.25, -0.2) is 9.37 Å². The molecule has 1 aromatic heterocycles. The van der Waals surface area contributed by atoms with Crippen LogP contribution in [0.3, 0.4) is 0 Å². The van der Waals surface area contributed by atoms with Crippen molar-refractivity contribution in [3.63, 3.8) is 0 Å². The number of hydrogen-bond donors (Lipinski definition) is 3. The van der Waals surface area contributed by atoms with E-state index in [1.807, 2.05) is 0 Å². The largest absolute Gasteiger partial charge is 0.573 e. The Morgan fingerprint density at radius 1 is 1.06 bits per heavy atom. The summed E-state index contributed by atoms with van der Waals surface area (Å²) >= 11 is 5.80. The lowest BCUT2D eigenvalue weighted by Crippen LogP contribution is -2.17. The molecule has 0 radical (unpaired) electrons. The SMILES string of the molecule is CNc1cc(Nc2ncc(F)c(Nc3ccc(OC(F)(F)F)c(Cl)c3)n2)ccc1OC=O. The molecule has 3 rings (SSSR count). The third-order valence-electron chi connectivity index (χ3n) is 3.84. The van der Waals surface area contributed by atoms with Gasteiger partial charge in [-0.3, -0.25) is 4.79 Å². The molecule has 0 fully saturated rings. The van der Waals surface area contributed by atoms with Gasteiger partial charge in [0.2, 0.25) is 5.95 Å². The number of hydrogen-bond acceptors (Lipinski definition) is 8. The van der Waals surface area contributed by atoms with Gasteiger partial charge in [0.1, 0.15) is 5.75 Å². The maximum atomic E-state index is 14.2. The van der Waals surface area contributed by atoms with Gasteiger partial charge in [-0.2, -0.15) is 4.98 Å². The summed E-state index contributed by atoms with van der Waals surface area (Å²) in [5.41, 5.74) is 1.17. The van der Waals surface area contributed by atoms with Crippen molar-refractivity contribution in [1.29, 1.82) is 0 Å². The molecule has 0 saturated carbocycles. The van der Waals surface area contributed by atoms with Crippen LogP contribution in [0.5, 0.6) is 11.5 Å². The van der Waals surface area contributed by atoms with E-state index in [9.17, 15) is 22.4 Å². The third kappa shape index (κ3) is 5.88. The molecule has 0 aliphatic heterocycles. The predicted molar refractivity (Wildman–Crippen MR) is 109 cm³/mol. The van der Waals surface area contributed by atoms with Gasteiger partial charge < -0.3 is 25.4 Å². The van der Waals surface area contributed by atoms with Crippen molar-refractivity contribution in [2.45, 2.75) is 6.36 Å². The molecule has 0 aliphatic carbocycles. The van der Waals surface area contributed by atoms with Crippen molar-refractivity contribution in [1.82, 2.24) is 9.97 Å². The molecule has 0 spiro atoms. The molecule has 13 heteroatoms. The van der Waals surface area contributed by atoms with Crippen LogP contribution in [0, 0.1) is 5.82 Å². The second kappa shape index (κ2) is 9.56. The van der Waals surface area contributed by atoms with Crippen molar-refractivity contribution >= 4 is 46.9 Å². The van der Waals surface area contributed by atoms with Crippen LogP contribution in [0.4, 0.5) is 46.4 Å². The van der Waals surface area contributed by atoms with Gasteiger partial charge in [0.05, 0.1) is 16.9 Å². The quantitative estimate of drug-likeness (QED) is 0.303. The lowest BCUT2D eigenvalue weighted by atomic mass is 10.2. The summed E-state index contributed by atoms with van der Waals surface area (Å²) in [6.45, 7) is 0.290. The first-order chi connectivity index (χ1) is 15.2. The molecule has 0 amide bonds. The predicted octanol–water partition coefficient (Wildman–Crippen LogP) is 5.23. The average molecular weight is 472 g/mol.